The van der Waals surface area contributed by atoms with Crippen molar-refractivity contribution in [3.05, 3.63) is 34.5 Å². The van der Waals surface area contributed by atoms with Gasteiger partial charge in [0.2, 0.25) is 0 Å². The Morgan fingerprint density at radius 3 is 3.06 bits per heavy atom. The van der Waals surface area contributed by atoms with Crippen LogP contribution in [-0.2, 0) is 6.54 Å². The van der Waals surface area contributed by atoms with Gasteiger partial charge in [0, 0.05) is 13.1 Å². The number of aromatic amines is 1. The van der Waals surface area contributed by atoms with E-state index in [9.17, 15) is 9.18 Å². The van der Waals surface area contributed by atoms with E-state index in [4.69, 9.17) is 0 Å². The number of halogens is 1. The first-order chi connectivity index (χ1) is 8.63. The van der Waals surface area contributed by atoms with Gasteiger partial charge in [-0.15, -0.1) is 0 Å². The van der Waals surface area contributed by atoms with Gasteiger partial charge >= 0.3 is 5.69 Å². The summed E-state index contributed by atoms with van der Waals surface area (Å²) in [5.74, 6) is 0.174. The molecule has 1 unspecified atom stereocenters. The molecule has 3 rings (SSSR count). The Morgan fingerprint density at radius 2 is 2.33 bits per heavy atom. The van der Waals surface area contributed by atoms with Crippen molar-refractivity contribution in [3.8, 4) is 0 Å². The second kappa shape index (κ2) is 4.24. The van der Waals surface area contributed by atoms with Gasteiger partial charge in [0.15, 0.2) is 0 Å². The fraction of sp³-hybridized carbons (Fsp3) is 0.462. The third kappa shape index (κ3) is 1.95. The minimum atomic E-state index is -0.323. The molecule has 0 saturated carbocycles. The predicted octanol–water partition coefficient (Wildman–Crippen LogP) is 1.42. The lowest BCUT2D eigenvalue weighted by Crippen LogP contribution is -2.23. The van der Waals surface area contributed by atoms with Crippen LogP contribution in [0.2, 0.25) is 0 Å². The molecule has 0 amide bonds. The van der Waals surface area contributed by atoms with Gasteiger partial charge in [0.25, 0.3) is 0 Å². The van der Waals surface area contributed by atoms with Gasteiger partial charge in [0.05, 0.1) is 11.0 Å². The van der Waals surface area contributed by atoms with E-state index in [-0.39, 0.29) is 11.5 Å². The molecule has 1 aliphatic heterocycles. The SMILES string of the molecule is CN1CCC(Cn2c(=O)[nH]c3cc(F)ccc32)C1. The van der Waals surface area contributed by atoms with Crippen LogP contribution in [0.15, 0.2) is 23.0 Å². The van der Waals surface area contributed by atoms with Gasteiger partial charge in [-0.1, -0.05) is 0 Å². The summed E-state index contributed by atoms with van der Waals surface area (Å²) < 4.78 is 14.8. The number of hydrogen-bond donors (Lipinski definition) is 1. The van der Waals surface area contributed by atoms with Crippen LogP contribution in [0.3, 0.4) is 0 Å². The molecule has 18 heavy (non-hydrogen) atoms. The van der Waals surface area contributed by atoms with Crippen LogP contribution in [0.1, 0.15) is 6.42 Å². The Bertz CT molecular complexity index is 631. The molecule has 1 fully saturated rings. The summed E-state index contributed by atoms with van der Waals surface area (Å²) >= 11 is 0. The summed E-state index contributed by atoms with van der Waals surface area (Å²) in [6.07, 6.45) is 1.11. The summed E-state index contributed by atoms with van der Waals surface area (Å²) in [5.41, 5.74) is 1.22. The topological polar surface area (TPSA) is 41.0 Å². The van der Waals surface area contributed by atoms with E-state index in [0.717, 1.165) is 25.0 Å². The Balaban J connectivity index is 1.96. The van der Waals surface area contributed by atoms with Gasteiger partial charge in [-0.3, -0.25) is 4.57 Å². The molecule has 2 aromatic rings. The number of fused-ring (bicyclic) bond motifs is 1. The Kier molecular flexibility index (Phi) is 2.70. The second-order valence-electron chi connectivity index (χ2n) is 5.12. The second-order valence-corrected chi connectivity index (χ2v) is 5.12. The van der Waals surface area contributed by atoms with Gasteiger partial charge < -0.3 is 9.88 Å². The zero-order valence-electron chi connectivity index (χ0n) is 10.3. The number of rotatable bonds is 2. The van der Waals surface area contributed by atoms with Gasteiger partial charge in [0.1, 0.15) is 5.82 Å². The van der Waals surface area contributed by atoms with Crippen LogP contribution in [0.5, 0.6) is 0 Å². The number of imidazole rings is 1. The van der Waals surface area contributed by atoms with Crippen molar-refractivity contribution in [2.24, 2.45) is 5.92 Å². The molecule has 0 bridgehead atoms. The minimum absolute atomic E-state index is 0.148. The van der Waals surface area contributed by atoms with Crippen molar-refractivity contribution in [2.75, 3.05) is 20.1 Å². The molecule has 5 heteroatoms. The van der Waals surface area contributed by atoms with E-state index in [1.54, 1.807) is 10.6 Å². The normalized spacial score (nSPS) is 20.9. The van der Waals surface area contributed by atoms with Crippen molar-refractivity contribution in [2.45, 2.75) is 13.0 Å². The zero-order chi connectivity index (χ0) is 12.7. The number of hydrogen-bond acceptors (Lipinski definition) is 2. The Labute approximate surface area is 104 Å². The summed E-state index contributed by atoms with van der Waals surface area (Å²) in [6, 6.07) is 4.43. The van der Waals surface area contributed by atoms with Gasteiger partial charge in [-0.05, 0) is 44.1 Å². The van der Waals surface area contributed by atoms with Crippen molar-refractivity contribution >= 4 is 11.0 Å². The molecule has 1 saturated heterocycles. The number of H-pyrrole nitrogens is 1. The first kappa shape index (κ1) is 11.5. The largest absolute Gasteiger partial charge is 0.326 e. The molecule has 1 N–H and O–H groups in total. The fourth-order valence-corrected chi connectivity index (χ4v) is 2.75. The average Bonchev–Trinajstić information content (AvgIpc) is 2.84. The molecule has 1 aliphatic rings. The lowest BCUT2D eigenvalue weighted by molar-refractivity contribution is 0.378. The van der Waals surface area contributed by atoms with Crippen molar-refractivity contribution < 1.29 is 4.39 Å². The number of aromatic nitrogens is 2. The third-order valence-electron chi connectivity index (χ3n) is 3.67. The first-order valence-corrected chi connectivity index (χ1v) is 6.20. The molecule has 0 radical (unpaired) electrons. The van der Waals surface area contributed by atoms with E-state index >= 15 is 0 Å². The van der Waals surface area contributed by atoms with Crippen LogP contribution < -0.4 is 5.69 Å². The summed E-state index contributed by atoms with van der Waals surface area (Å²) in [4.78, 5) is 16.9. The molecule has 0 aliphatic carbocycles. The Hall–Kier alpha value is -1.62. The molecule has 96 valence electrons. The monoisotopic (exact) mass is 249 g/mol. The number of likely N-dealkylation sites (tertiary alicyclic amines) is 1. The van der Waals surface area contributed by atoms with Crippen LogP contribution in [0, 0.1) is 11.7 Å². The first-order valence-electron chi connectivity index (χ1n) is 6.20. The van der Waals surface area contributed by atoms with E-state index in [1.807, 2.05) is 0 Å². The molecule has 0 spiro atoms. The highest BCUT2D eigenvalue weighted by Crippen LogP contribution is 2.19. The lowest BCUT2D eigenvalue weighted by atomic mass is 10.1. The molecule has 1 aromatic heterocycles. The maximum Gasteiger partial charge on any atom is 0.326 e. The highest BCUT2D eigenvalue weighted by Gasteiger charge is 2.21. The van der Waals surface area contributed by atoms with Crippen molar-refractivity contribution in [3.63, 3.8) is 0 Å². The molecule has 1 atom stereocenters. The minimum Gasteiger partial charge on any atom is -0.306 e. The lowest BCUT2D eigenvalue weighted by Gasteiger charge is -2.11. The number of benzene rings is 1. The number of nitrogens with one attached hydrogen (secondary N) is 1. The molecule has 4 nitrogen and oxygen atoms in total. The standard InChI is InChI=1S/C13H16FN3O/c1-16-5-4-9(7-16)8-17-12-3-2-10(14)6-11(12)15-13(17)18/h2-3,6,9H,4-5,7-8H2,1H3,(H,15,18). The summed E-state index contributed by atoms with van der Waals surface area (Å²) in [6.45, 7) is 2.80. The van der Waals surface area contributed by atoms with Crippen LogP contribution in [-0.4, -0.2) is 34.6 Å². The van der Waals surface area contributed by atoms with Crippen LogP contribution in [0.25, 0.3) is 11.0 Å². The highest BCUT2D eigenvalue weighted by molar-refractivity contribution is 5.75. The maximum atomic E-state index is 13.1. The van der Waals surface area contributed by atoms with Gasteiger partial charge in [-0.25, -0.2) is 9.18 Å². The van der Waals surface area contributed by atoms with E-state index in [0.29, 0.717) is 18.0 Å². The molecule has 1 aromatic carbocycles. The average molecular weight is 249 g/mol. The van der Waals surface area contributed by atoms with E-state index in [2.05, 4.69) is 16.9 Å². The summed E-state index contributed by atoms with van der Waals surface area (Å²) in [5, 5.41) is 0. The van der Waals surface area contributed by atoms with Crippen LogP contribution >= 0.6 is 0 Å². The molecular formula is C13H16FN3O. The summed E-state index contributed by atoms with van der Waals surface area (Å²) in [7, 11) is 2.09. The quantitative estimate of drug-likeness (QED) is 0.874. The van der Waals surface area contributed by atoms with E-state index < -0.39 is 0 Å². The maximum absolute atomic E-state index is 13.1. The molecular weight excluding hydrogens is 233 g/mol. The fourth-order valence-electron chi connectivity index (χ4n) is 2.75. The highest BCUT2D eigenvalue weighted by atomic mass is 19.1. The van der Waals surface area contributed by atoms with Crippen molar-refractivity contribution in [1.82, 2.24) is 14.5 Å². The third-order valence-corrected chi connectivity index (χ3v) is 3.67. The van der Waals surface area contributed by atoms with Crippen molar-refractivity contribution in [1.29, 1.82) is 0 Å². The smallest absolute Gasteiger partial charge is 0.306 e. The van der Waals surface area contributed by atoms with Gasteiger partial charge in [-0.2, -0.15) is 0 Å². The van der Waals surface area contributed by atoms with E-state index in [1.165, 1.54) is 12.1 Å². The molecule has 2 heterocycles. The van der Waals surface area contributed by atoms with Crippen LogP contribution in [0.4, 0.5) is 4.39 Å². The predicted molar refractivity (Wildman–Crippen MR) is 68.1 cm³/mol. The zero-order valence-corrected chi connectivity index (χ0v) is 10.3. The number of nitrogens with zero attached hydrogens (tertiary/aromatic N) is 2. The Morgan fingerprint density at radius 1 is 1.50 bits per heavy atom.